The lowest BCUT2D eigenvalue weighted by Gasteiger charge is -2.47. The van der Waals surface area contributed by atoms with Crippen molar-refractivity contribution in [2.45, 2.75) is 44.9 Å². The van der Waals surface area contributed by atoms with Gasteiger partial charge in [0, 0.05) is 51.1 Å². The van der Waals surface area contributed by atoms with Gasteiger partial charge in [-0.25, -0.2) is 22.8 Å². The van der Waals surface area contributed by atoms with E-state index in [1.807, 2.05) is 16.8 Å². The maximum atomic E-state index is 14.0. The third-order valence-electron chi connectivity index (χ3n) is 6.07. The van der Waals surface area contributed by atoms with Gasteiger partial charge < -0.3 is 9.30 Å². The van der Waals surface area contributed by atoms with Crippen molar-refractivity contribution < 1.29 is 17.5 Å². The van der Waals surface area contributed by atoms with Crippen LogP contribution < -0.4 is 0 Å². The highest BCUT2D eigenvalue weighted by Gasteiger charge is 2.50. The fraction of sp³-hybridized carbons (Fsp3) is 0.571. The molecule has 0 spiro atoms. The minimum Gasteiger partial charge on any atom is -0.361 e. The van der Waals surface area contributed by atoms with Crippen LogP contribution in [0.1, 0.15) is 6.92 Å². The minimum atomic E-state index is -3.35. The lowest BCUT2D eigenvalue weighted by molar-refractivity contribution is 0.0415. The summed E-state index contributed by atoms with van der Waals surface area (Å²) in [5.41, 5.74) is 1.19. The van der Waals surface area contributed by atoms with Crippen molar-refractivity contribution in [1.82, 2.24) is 28.6 Å². The molecule has 1 aliphatic heterocycles. The van der Waals surface area contributed by atoms with E-state index in [4.69, 9.17) is 4.74 Å². The van der Waals surface area contributed by atoms with Gasteiger partial charge >= 0.3 is 0 Å². The molecule has 0 N–H and O–H groups in total. The molecular formula is C21H31FN6O3SSi. The second kappa shape index (κ2) is 8.89. The number of hydrogen-bond donors (Lipinski definition) is 0. The molecule has 0 atom stereocenters. The van der Waals surface area contributed by atoms with Crippen molar-refractivity contribution in [3.8, 4) is 11.3 Å². The molecule has 3 aromatic rings. The Bertz CT molecular complexity index is 1230. The molecule has 1 aliphatic rings. The molecular weight excluding hydrogens is 463 g/mol. The van der Waals surface area contributed by atoms with E-state index < -0.39 is 30.3 Å². The Balaban J connectivity index is 1.53. The van der Waals surface area contributed by atoms with Crippen molar-refractivity contribution in [2.75, 3.05) is 32.1 Å². The zero-order valence-corrected chi connectivity index (χ0v) is 21.3. The molecule has 4 rings (SSSR count). The van der Waals surface area contributed by atoms with Crippen LogP contribution in [-0.4, -0.2) is 77.2 Å². The summed E-state index contributed by atoms with van der Waals surface area (Å²) in [5.74, 6) is -0.00249. The molecule has 0 amide bonds. The number of hydrogen-bond acceptors (Lipinski definition) is 6. The standard InChI is InChI=1S/C21H31FN6O3SSi/c1-5-32(29,30)27-13-21(12-22,14-27)28-11-17(10-25-28)19-18-6-7-26(20(18)24-15-23-19)16-31-8-9-33(2,3)4/h6-7,10-11,15H,5,8-9,12-14,16H2,1-4H3. The van der Waals surface area contributed by atoms with Gasteiger partial charge in [-0.2, -0.15) is 9.40 Å². The molecule has 0 aromatic carbocycles. The number of rotatable bonds is 10. The van der Waals surface area contributed by atoms with Crippen LogP contribution in [0.2, 0.25) is 25.7 Å². The van der Waals surface area contributed by atoms with Crippen LogP contribution in [0.25, 0.3) is 22.3 Å². The third-order valence-corrected chi connectivity index (χ3v) is 9.55. The first-order valence-corrected chi connectivity index (χ1v) is 16.4. The lowest BCUT2D eigenvalue weighted by Crippen LogP contribution is -2.65. The number of halogens is 1. The molecule has 12 heteroatoms. The lowest BCUT2D eigenvalue weighted by atomic mass is 9.94. The predicted octanol–water partition coefficient (Wildman–Crippen LogP) is 2.94. The molecule has 1 saturated heterocycles. The van der Waals surface area contributed by atoms with Gasteiger partial charge in [-0.3, -0.25) is 4.68 Å². The number of nitrogens with zero attached hydrogens (tertiary/aromatic N) is 6. The van der Waals surface area contributed by atoms with Crippen LogP contribution in [0.4, 0.5) is 4.39 Å². The van der Waals surface area contributed by atoms with Gasteiger partial charge in [0.25, 0.3) is 0 Å². The Hall–Kier alpha value is -2.15. The quantitative estimate of drug-likeness (QED) is 0.318. The first-order chi connectivity index (χ1) is 15.6. The molecule has 0 radical (unpaired) electrons. The number of aromatic nitrogens is 5. The Morgan fingerprint density at radius 2 is 2.00 bits per heavy atom. The van der Waals surface area contributed by atoms with Crippen LogP contribution in [0.15, 0.2) is 31.0 Å². The van der Waals surface area contributed by atoms with E-state index in [0.29, 0.717) is 12.4 Å². The maximum absolute atomic E-state index is 14.0. The topological polar surface area (TPSA) is 95.1 Å². The Morgan fingerprint density at radius 3 is 2.67 bits per heavy atom. The average molecular weight is 495 g/mol. The van der Waals surface area contributed by atoms with E-state index >= 15 is 0 Å². The van der Waals surface area contributed by atoms with Crippen molar-refractivity contribution >= 4 is 29.1 Å². The third kappa shape index (κ3) is 4.74. The van der Waals surface area contributed by atoms with Gasteiger partial charge in [0.2, 0.25) is 10.0 Å². The maximum Gasteiger partial charge on any atom is 0.213 e. The van der Waals surface area contributed by atoms with Gasteiger partial charge in [0.15, 0.2) is 0 Å². The van der Waals surface area contributed by atoms with Gasteiger partial charge in [0.05, 0.1) is 17.6 Å². The highest BCUT2D eigenvalue weighted by molar-refractivity contribution is 7.89. The molecule has 33 heavy (non-hydrogen) atoms. The summed E-state index contributed by atoms with van der Waals surface area (Å²) in [7, 11) is -4.50. The van der Waals surface area contributed by atoms with E-state index in [0.717, 1.165) is 29.2 Å². The molecule has 0 saturated carbocycles. The van der Waals surface area contributed by atoms with Gasteiger partial charge in [-0.05, 0) is 19.0 Å². The summed E-state index contributed by atoms with van der Waals surface area (Å²) in [6, 6.07) is 3.03. The number of alkyl halides is 1. The largest absolute Gasteiger partial charge is 0.361 e. The fourth-order valence-electron chi connectivity index (χ4n) is 3.86. The van der Waals surface area contributed by atoms with Crippen molar-refractivity contribution in [3.05, 3.63) is 31.0 Å². The van der Waals surface area contributed by atoms with Gasteiger partial charge in [-0.15, -0.1) is 0 Å². The summed E-state index contributed by atoms with van der Waals surface area (Å²) in [5, 5.41) is 5.22. The van der Waals surface area contributed by atoms with Crippen LogP contribution >= 0.6 is 0 Å². The minimum absolute atomic E-state index is 0.00249. The normalized spacial score (nSPS) is 16.9. The smallest absolute Gasteiger partial charge is 0.213 e. The average Bonchev–Trinajstić information content (AvgIpc) is 3.38. The first-order valence-electron chi connectivity index (χ1n) is 11.1. The fourth-order valence-corrected chi connectivity index (χ4v) is 5.86. The number of sulfonamides is 1. The second-order valence-corrected chi connectivity index (χ2v) is 17.7. The number of ether oxygens (including phenoxy) is 1. The first kappa shape index (κ1) is 24.0. The van der Waals surface area contributed by atoms with Crippen molar-refractivity contribution in [1.29, 1.82) is 0 Å². The molecule has 0 bridgehead atoms. The molecule has 4 heterocycles. The molecule has 9 nitrogen and oxygen atoms in total. The molecule has 180 valence electrons. The van der Waals surface area contributed by atoms with Gasteiger partial charge in [-0.1, -0.05) is 19.6 Å². The monoisotopic (exact) mass is 494 g/mol. The Labute approximate surface area is 194 Å². The Morgan fingerprint density at radius 1 is 1.24 bits per heavy atom. The van der Waals surface area contributed by atoms with E-state index in [2.05, 4.69) is 34.7 Å². The number of fused-ring (bicyclic) bond motifs is 1. The molecule has 0 unspecified atom stereocenters. The van der Waals surface area contributed by atoms with Crippen LogP contribution in [0.5, 0.6) is 0 Å². The zero-order chi connectivity index (χ0) is 23.9. The van der Waals surface area contributed by atoms with Gasteiger partial charge in [0.1, 0.15) is 30.9 Å². The summed E-state index contributed by atoms with van der Waals surface area (Å²) >= 11 is 0. The molecule has 3 aromatic heterocycles. The van der Waals surface area contributed by atoms with Crippen LogP contribution in [-0.2, 0) is 27.0 Å². The van der Waals surface area contributed by atoms with Crippen LogP contribution in [0.3, 0.4) is 0 Å². The molecule has 0 aliphatic carbocycles. The summed E-state index contributed by atoms with van der Waals surface area (Å²) in [6.45, 7) is 9.12. The predicted molar refractivity (Wildman–Crippen MR) is 128 cm³/mol. The summed E-state index contributed by atoms with van der Waals surface area (Å²) < 4.78 is 48.8. The highest BCUT2D eigenvalue weighted by Crippen LogP contribution is 2.34. The zero-order valence-electron chi connectivity index (χ0n) is 19.5. The highest BCUT2D eigenvalue weighted by atomic mass is 32.2. The molecule has 1 fully saturated rings. The van der Waals surface area contributed by atoms with Crippen molar-refractivity contribution in [2.24, 2.45) is 0 Å². The Kier molecular flexibility index (Phi) is 6.46. The van der Waals surface area contributed by atoms with E-state index in [-0.39, 0.29) is 18.8 Å². The SMILES string of the molecule is CCS(=O)(=O)N1CC(CF)(n2cc(-c3ncnc4c3ccn4COCC[Si](C)(C)C)cn2)C1. The van der Waals surface area contributed by atoms with Crippen molar-refractivity contribution in [3.63, 3.8) is 0 Å². The summed E-state index contributed by atoms with van der Waals surface area (Å²) in [6.07, 6.45) is 6.79. The summed E-state index contributed by atoms with van der Waals surface area (Å²) in [4.78, 5) is 8.86. The van der Waals surface area contributed by atoms with Crippen LogP contribution in [0, 0.1) is 0 Å². The van der Waals surface area contributed by atoms with E-state index in [1.165, 1.54) is 15.3 Å². The van der Waals surface area contributed by atoms with E-state index in [1.54, 1.807) is 19.3 Å². The second-order valence-electron chi connectivity index (χ2n) is 9.79. The van der Waals surface area contributed by atoms with E-state index in [9.17, 15) is 12.8 Å².